The van der Waals surface area contributed by atoms with E-state index < -0.39 is 22.8 Å². The van der Waals surface area contributed by atoms with Gasteiger partial charge in [0.1, 0.15) is 0 Å². The van der Waals surface area contributed by atoms with Crippen molar-refractivity contribution in [1.29, 1.82) is 0 Å². The van der Waals surface area contributed by atoms with E-state index in [1.165, 1.54) is 6.07 Å². The molecule has 0 aliphatic carbocycles. The molecular formula is C20H30O6. The Morgan fingerprint density at radius 3 is 1.77 bits per heavy atom. The standard InChI is InChI=1S/C20H30O6/c1-19(2,17(23)24)11-5-7-13-9-10-15(21)16(22)14(13)8-6-12-20(3,4)18(25)26/h9-10,21-22H,5-8,11-12H2,1-4H3,(H,23,24)(H,25,26). The molecule has 1 aromatic rings. The Labute approximate surface area is 154 Å². The maximum Gasteiger partial charge on any atom is 0.309 e. The van der Waals surface area contributed by atoms with Gasteiger partial charge in [0.15, 0.2) is 11.5 Å². The average molecular weight is 366 g/mol. The summed E-state index contributed by atoms with van der Waals surface area (Å²) >= 11 is 0. The van der Waals surface area contributed by atoms with E-state index in [4.69, 9.17) is 0 Å². The Bertz CT molecular complexity index is 661. The number of aromatic hydroxyl groups is 2. The third-order valence-electron chi connectivity index (χ3n) is 4.99. The summed E-state index contributed by atoms with van der Waals surface area (Å²) in [5.41, 5.74) is -0.197. The first-order valence-electron chi connectivity index (χ1n) is 8.88. The van der Waals surface area contributed by atoms with Gasteiger partial charge in [-0.05, 0) is 77.8 Å². The van der Waals surface area contributed by atoms with E-state index >= 15 is 0 Å². The molecule has 0 radical (unpaired) electrons. The number of aryl methyl sites for hydroxylation is 1. The van der Waals surface area contributed by atoms with Crippen LogP contribution < -0.4 is 0 Å². The molecule has 0 spiro atoms. The number of carboxylic acids is 2. The Balaban J connectivity index is 2.83. The molecule has 0 unspecified atom stereocenters. The molecule has 0 amide bonds. The maximum atomic E-state index is 11.2. The zero-order chi connectivity index (χ0) is 20.1. The number of hydrogen-bond acceptors (Lipinski definition) is 4. The Morgan fingerprint density at radius 1 is 0.846 bits per heavy atom. The molecule has 0 fully saturated rings. The van der Waals surface area contributed by atoms with Crippen LogP contribution in [0.5, 0.6) is 11.5 Å². The first-order valence-corrected chi connectivity index (χ1v) is 8.88. The number of rotatable bonds is 10. The highest BCUT2D eigenvalue weighted by Crippen LogP contribution is 2.35. The third kappa shape index (κ3) is 5.64. The van der Waals surface area contributed by atoms with Gasteiger partial charge in [-0.2, -0.15) is 0 Å². The summed E-state index contributed by atoms with van der Waals surface area (Å²) in [4.78, 5) is 22.4. The van der Waals surface area contributed by atoms with Crippen molar-refractivity contribution in [2.24, 2.45) is 10.8 Å². The van der Waals surface area contributed by atoms with Crippen LogP contribution in [-0.4, -0.2) is 32.4 Å². The highest BCUT2D eigenvalue weighted by Gasteiger charge is 2.28. The van der Waals surface area contributed by atoms with E-state index in [0.29, 0.717) is 44.1 Å². The second-order valence-electron chi connectivity index (χ2n) is 8.16. The van der Waals surface area contributed by atoms with E-state index in [1.54, 1.807) is 33.8 Å². The molecule has 6 heteroatoms. The van der Waals surface area contributed by atoms with Crippen LogP contribution in [0.2, 0.25) is 0 Å². The first-order chi connectivity index (χ1) is 11.9. The second-order valence-corrected chi connectivity index (χ2v) is 8.16. The fourth-order valence-electron chi connectivity index (χ4n) is 2.82. The van der Waals surface area contributed by atoms with E-state index in [-0.39, 0.29) is 11.5 Å². The summed E-state index contributed by atoms with van der Waals surface area (Å²) < 4.78 is 0. The normalized spacial score (nSPS) is 12.2. The number of carboxylic acid groups (broad SMARTS) is 2. The largest absolute Gasteiger partial charge is 0.504 e. The molecule has 0 saturated carbocycles. The topological polar surface area (TPSA) is 115 Å². The second kappa shape index (κ2) is 8.43. The Morgan fingerprint density at radius 2 is 1.31 bits per heavy atom. The van der Waals surface area contributed by atoms with Crippen molar-refractivity contribution in [1.82, 2.24) is 0 Å². The van der Waals surface area contributed by atoms with Gasteiger partial charge in [0.25, 0.3) is 0 Å². The van der Waals surface area contributed by atoms with Crippen LogP contribution in [-0.2, 0) is 22.4 Å². The molecule has 4 N–H and O–H groups in total. The Kier molecular flexibility index (Phi) is 7.07. The van der Waals surface area contributed by atoms with Crippen molar-refractivity contribution in [3.8, 4) is 11.5 Å². The molecule has 0 atom stereocenters. The molecule has 146 valence electrons. The predicted octanol–water partition coefficient (Wildman–Crippen LogP) is 3.96. The van der Waals surface area contributed by atoms with Gasteiger partial charge in [-0.1, -0.05) is 6.07 Å². The summed E-state index contributed by atoms with van der Waals surface area (Å²) in [5, 5.41) is 38.4. The minimum absolute atomic E-state index is 0.173. The lowest BCUT2D eigenvalue weighted by Crippen LogP contribution is -2.23. The molecule has 0 aliphatic heterocycles. The first kappa shape index (κ1) is 21.8. The Hall–Kier alpha value is -2.24. The number of phenols is 2. The highest BCUT2D eigenvalue weighted by molar-refractivity contribution is 5.73. The van der Waals surface area contributed by atoms with Gasteiger partial charge in [0.05, 0.1) is 10.8 Å². The number of benzene rings is 1. The predicted molar refractivity (Wildman–Crippen MR) is 98.5 cm³/mol. The molecule has 0 aromatic heterocycles. The molecule has 6 nitrogen and oxygen atoms in total. The average Bonchev–Trinajstić information content (AvgIpc) is 2.52. The summed E-state index contributed by atoms with van der Waals surface area (Å²) in [6, 6.07) is 3.16. The minimum atomic E-state index is -0.867. The molecule has 0 saturated heterocycles. The quantitative estimate of drug-likeness (QED) is 0.466. The zero-order valence-electron chi connectivity index (χ0n) is 16.0. The van der Waals surface area contributed by atoms with E-state index in [1.807, 2.05) is 0 Å². The van der Waals surface area contributed by atoms with E-state index in [2.05, 4.69) is 0 Å². The van der Waals surface area contributed by atoms with Gasteiger partial charge in [0.2, 0.25) is 0 Å². The van der Waals surface area contributed by atoms with Crippen molar-refractivity contribution in [3.05, 3.63) is 23.3 Å². The maximum absolute atomic E-state index is 11.2. The lowest BCUT2D eigenvalue weighted by atomic mass is 9.84. The molecule has 26 heavy (non-hydrogen) atoms. The summed E-state index contributed by atoms with van der Waals surface area (Å²) in [6.45, 7) is 6.68. The minimum Gasteiger partial charge on any atom is -0.504 e. The third-order valence-corrected chi connectivity index (χ3v) is 4.99. The van der Waals surface area contributed by atoms with Crippen LogP contribution in [0, 0.1) is 10.8 Å². The van der Waals surface area contributed by atoms with Gasteiger partial charge in [-0.3, -0.25) is 9.59 Å². The highest BCUT2D eigenvalue weighted by atomic mass is 16.4. The van der Waals surface area contributed by atoms with Gasteiger partial charge in [-0.25, -0.2) is 0 Å². The van der Waals surface area contributed by atoms with Crippen molar-refractivity contribution in [3.63, 3.8) is 0 Å². The van der Waals surface area contributed by atoms with Crippen molar-refractivity contribution in [2.45, 2.75) is 66.2 Å². The molecule has 0 heterocycles. The molecule has 0 bridgehead atoms. The summed E-state index contributed by atoms with van der Waals surface area (Å²) in [7, 11) is 0. The fourth-order valence-corrected chi connectivity index (χ4v) is 2.82. The molecular weight excluding hydrogens is 336 g/mol. The molecule has 0 aliphatic rings. The van der Waals surface area contributed by atoms with E-state index in [0.717, 1.165) is 5.56 Å². The van der Waals surface area contributed by atoms with Crippen LogP contribution in [0.1, 0.15) is 64.5 Å². The smallest absolute Gasteiger partial charge is 0.309 e. The monoisotopic (exact) mass is 366 g/mol. The molecule has 1 aromatic carbocycles. The van der Waals surface area contributed by atoms with Crippen molar-refractivity contribution in [2.75, 3.05) is 0 Å². The van der Waals surface area contributed by atoms with Crippen molar-refractivity contribution < 1.29 is 30.0 Å². The summed E-state index contributed by atoms with van der Waals surface area (Å²) in [6.07, 6.45) is 3.18. The SMILES string of the molecule is CC(C)(CCCc1ccc(O)c(O)c1CCCC(C)(C)C(=O)O)C(=O)O. The van der Waals surface area contributed by atoms with Crippen LogP contribution in [0.25, 0.3) is 0 Å². The van der Waals surface area contributed by atoms with Gasteiger partial charge in [0, 0.05) is 5.56 Å². The lowest BCUT2D eigenvalue weighted by molar-refractivity contribution is -0.148. The number of carbonyl (C=O) groups is 2. The number of aliphatic carboxylic acids is 2. The zero-order valence-corrected chi connectivity index (χ0v) is 16.0. The fraction of sp³-hybridized carbons (Fsp3) is 0.600. The van der Waals surface area contributed by atoms with Crippen LogP contribution in [0.15, 0.2) is 12.1 Å². The van der Waals surface area contributed by atoms with Crippen LogP contribution >= 0.6 is 0 Å². The molecule has 1 rings (SSSR count). The number of phenolic OH excluding ortho intramolecular Hbond substituents is 2. The number of hydrogen-bond donors (Lipinski definition) is 4. The van der Waals surface area contributed by atoms with Gasteiger partial charge >= 0.3 is 11.9 Å². The van der Waals surface area contributed by atoms with Crippen LogP contribution in [0.3, 0.4) is 0 Å². The van der Waals surface area contributed by atoms with Gasteiger partial charge in [-0.15, -0.1) is 0 Å². The lowest BCUT2D eigenvalue weighted by Gasteiger charge is -2.21. The summed E-state index contributed by atoms with van der Waals surface area (Å²) in [5.74, 6) is -2.09. The van der Waals surface area contributed by atoms with Crippen LogP contribution in [0.4, 0.5) is 0 Å². The van der Waals surface area contributed by atoms with E-state index in [9.17, 15) is 30.0 Å². The van der Waals surface area contributed by atoms with Crippen molar-refractivity contribution >= 4 is 11.9 Å². The van der Waals surface area contributed by atoms with Gasteiger partial charge < -0.3 is 20.4 Å².